The van der Waals surface area contributed by atoms with Crippen molar-refractivity contribution in [2.24, 2.45) is 5.10 Å². The SMILES string of the molecule is O=c1cnnc(N/N=C/c2ccc(O)cc2)[nH]1. The highest BCUT2D eigenvalue weighted by Crippen LogP contribution is 2.07. The van der Waals surface area contributed by atoms with E-state index in [1.165, 1.54) is 6.21 Å². The summed E-state index contributed by atoms with van der Waals surface area (Å²) in [5, 5.41) is 20.0. The molecule has 1 aromatic carbocycles. The molecule has 0 aliphatic heterocycles. The van der Waals surface area contributed by atoms with Crippen LogP contribution in [0.5, 0.6) is 5.75 Å². The largest absolute Gasteiger partial charge is 0.508 e. The third kappa shape index (κ3) is 3.13. The van der Waals surface area contributed by atoms with Crippen molar-refractivity contribution in [1.29, 1.82) is 0 Å². The highest BCUT2D eigenvalue weighted by molar-refractivity contribution is 5.80. The first-order chi connectivity index (χ1) is 8.24. The summed E-state index contributed by atoms with van der Waals surface area (Å²) >= 11 is 0. The van der Waals surface area contributed by atoms with Gasteiger partial charge in [0.05, 0.1) is 6.21 Å². The number of nitrogens with zero attached hydrogens (tertiary/aromatic N) is 3. The highest BCUT2D eigenvalue weighted by Gasteiger charge is 1.92. The summed E-state index contributed by atoms with van der Waals surface area (Å²) in [7, 11) is 0. The smallest absolute Gasteiger partial charge is 0.271 e. The summed E-state index contributed by atoms with van der Waals surface area (Å²) in [5.41, 5.74) is 2.96. The van der Waals surface area contributed by atoms with Crippen molar-refractivity contribution < 1.29 is 5.11 Å². The lowest BCUT2D eigenvalue weighted by Crippen LogP contribution is -2.10. The first-order valence-corrected chi connectivity index (χ1v) is 4.74. The van der Waals surface area contributed by atoms with Crippen LogP contribution in [0.2, 0.25) is 0 Å². The van der Waals surface area contributed by atoms with Gasteiger partial charge < -0.3 is 5.11 Å². The second-order valence-corrected chi connectivity index (χ2v) is 3.14. The van der Waals surface area contributed by atoms with E-state index in [2.05, 4.69) is 25.7 Å². The van der Waals surface area contributed by atoms with Gasteiger partial charge >= 0.3 is 0 Å². The lowest BCUT2D eigenvalue weighted by atomic mass is 10.2. The van der Waals surface area contributed by atoms with Crippen LogP contribution in [0.1, 0.15) is 5.56 Å². The molecule has 0 fully saturated rings. The van der Waals surface area contributed by atoms with Gasteiger partial charge in [-0.2, -0.15) is 5.10 Å². The maximum Gasteiger partial charge on any atom is 0.271 e. The number of phenols is 1. The minimum absolute atomic E-state index is 0.160. The van der Waals surface area contributed by atoms with Gasteiger partial charge in [-0.25, -0.2) is 5.43 Å². The minimum Gasteiger partial charge on any atom is -0.508 e. The normalized spacial score (nSPS) is 10.6. The molecule has 0 unspecified atom stereocenters. The molecule has 17 heavy (non-hydrogen) atoms. The van der Waals surface area contributed by atoms with Crippen LogP contribution in [0, 0.1) is 0 Å². The molecule has 3 N–H and O–H groups in total. The van der Waals surface area contributed by atoms with Crippen molar-refractivity contribution in [2.45, 2.75) is 0 Å². The third-order valence-corrected chi connectivity index (χ3v) is 1.85. The fourth-order valence-electron chi connectivity index (χ4n) is 1.09. The first-order valence-electron chi connectivity index (χ1n) is 4.74. The number of aromatic amines is 1. The second-order valence-electron chi connectivity index (χ2n) is 3.14. The van der Waals surface area contributed by atoms with E-state index in [9.17, 15) is 4.79 Å². The van der Waals surface area contributed by atoms with Crippen LogP contribution in [0.3, 0.4) is 0 Å². The standard InChI is InChI=1S/C10H9N5O2/c16-8-3-1-7(2-4-8)5-11-14-10-13-9(17)6-12-15-10/h1-6,16H,(H2,13,14,15,17)/b11-5+. The Morgan fingerprint density at radius 3 is 2.82 bits per heavy atom. The topological polar surface area (TPSA) is 103 Å². The number of H-pyrrole nitrogens is 1. The number of hydrogen-bond donors (Lipinski definition) is 3. The summed E-state index contributed by atoms with van der Waals surface area (Å²) in [5.74, 6) is 0.348. The average molecular weight is 231 g/mol. The maximum absolute atomic E-state index is 10.9. The van der Waals surface area contributed by atoms with E-state index in [0.717, 1.165) is 11.8 Å². The van der Waals surface area contributed by atoms with E-state index in [-0.39, 0.29) is 17.3 Å². The minimum atomic E-state index is -0.359. The number of hydrazone groups is 1. The molecule has 7 heteroatoms. The Kier molecular flexibility index (Phi) is 3.10. The molecule has 0 spiro atoms. The maximum atomic E-state index is 10.9. The number of anilines is 1. The summed E-state index contributed by atoms with van der Waals surface area (Å²) in [6, 6.07) is 6.48. The molecule has 0 bridgehead atoms. The van der Waals surface area contributed by atoms with Crippen molar-refractivity contribution in [1.82, 2.24) is 15.2 Å². The summed E-state index contributed by atoms with van der Waals surface area (Å²) in [4.78, 5) is 13.3. The van der Waals surface area contributed by atoms with Gasteiger partial charge in [-0.05, 0) is 29.8 Å². The van der Waals surface area contributed by atoms with Crippen LogP contribution in [-0.4, -0.2) is 26.5 Å². The number of aromatic hydroxyl groups is 1. The van der Waals surface area contributed by atoms with Crippen molar-refractivity contribution in [3.8, 4) is 5.75 Å². The predicted molar refractivity (Wildman–Crippen MR) is 62.0 cm³/mol. The second kappa shape index (κ2) is 4.88. The number of nitrogens with one attached hydrogen (secondary N) is 2. The molecule has 2 rings (SSSR count). The molecule has 0 atom stereocenters. The quantitative estimate of drug-likeness (QED) is 0.521. The Hall–Kier alpha value is -2.70. The van der Waals surface area contributed by atoms with Gasteiger partial charge in [-0.3, -0.25) is 9.78 Å². The van der Waals surface area contributed by atoms with Gasteiger partial charge in [0.1, 0.15) is 11.9 Å². The molecule has 2 aromatic rings. The van der Waals surface area contributed by atoms with Crippen molar-refractivity contribution >= 4 is 12.2 Å². The molecule has 0 saturated carbocycles. The lowest BCUT2D eigenvalue weighted by Gasteiger charge is -1.96. The molecule has 7 nitrogen and oxygen atoms in total. The van der Waals surface area contributed by atoms with E-state index in [0.29, 0.717) is 0 Å². The molecule has 0 amide bonds. The monoisotopic (exact) mass is 231 g/mol. The zero-order valence-corrected chi connectivity index (χ0v) is 8.66. The fourth-order valence-corrected chi connectivity index (χ4v) is 1.09. The Bertz CT molecular complexity index is 576. The molecule has 0 aliphatic rings. The number of benzene rings is 1. The molecule has 0 aliphatic carbocycles. The fraction of sp³-hybridized carbons (Fsp3) is 0. The molecule has 1 heterocycles. The van der Waals surface area contributed by atoms with Gasteiger partial charge in [0.25, 0.3) is 5.56 Å². The van der Waals surface area contributed by atoms with Crippen LogP contribution in [-0.2, 0) is 0 Å². The van der Waals surface area contributed by atoms with Crippen LogP contribution >= 0.6 is 0 Å². The number of hydrogen-bond acceptors (Lipinski definition) is 6. The van der Waals surface area contributed by atoms with Gasteiger partial charge in [-0.15, -0.1) is 10.2 Å². The van der Waals surface area contributed by atoms with E-state index in [1.807, 2.05) is 0 Å². The zero-order chi connectivity index (χ0) is 12.1. The van der Waals surface area contributed by atoms with Crippen LogP contribution in [0.4, 0.5) is 5.95 Å². The number of phenolic OH excluding ortho intramolecular Hbond substituents is 1. The van der Waals surface area contributed by atoms with Crippen molar-refractivity contribution in [3.63, 3.8) is 0 Å². The Morgan fingerprint density at radius 1 is 1.35 bits per heavy atom. The predicted octanol–water partition coefficient (Wildman–Crippen LogP) is 0.316. The van der Waals surface area contributed by atoms with E-state index in [4.69, 9.17) is 5.11 Å². The highest BCUT2D eigenvalue weighted by atomic mass is 16.3. The summed E-state index contributed by atoms with van der Waals surface area (Å²) < 4.78 is 0. The molecule has 0 radical (unpaired) electrons. The van der Waals surface area contributed by atoms with Gasteiger partial charge in [-0.1, -0.05) is 0 Å². The Balaban J connectivity index is 2.02. The number of aromatic nitrogens is 3. The van der Waals surface area contributed by atoms with Crippen molar-refractivity contribution in [2.75, 3.05) is 5.43 Å². The summed E-state index contributed by atoms with van der Waals surface area (Å²) in [6.45, 7) is 0. The number of rotatable bonds is 3. The van der Waals surface area contributed by atoms with Gasteiger partial charge in [0, 0.05) is 0 Å². The molecular weight excluding hydrogens is 222 g/mol. The van der Waals surface area contributed by atoms with Crippen LogP contribution < -0.4 is 11.0 Å². The van der Waals surface area contributed by atoms with E-state index < -0.39 is 0 Å². The molecule has 0 saturated heterocycles. The molecule has 1 aromatic heterocycles. The first kappa shape index (κ1) is 10.8. The molecule has 86 valence electrons. The Labute approximate surface area is 95.9 Å². The van der Waals surface area contributed by atoms with Gasteiger partial charge in [0.2, 0.25) is 5.95 Å². The Morgan fingerprint density at radius 2 is 2.12 bits per heavy atom. The molecular formula is C10H9N5O2. The third-order valence-electron chi connectivity index (χ3n) is 1.85. The lowest BCUT2D eigenvalue weighted by molar-refractivity contribution is 0.475. The van der Waals surface area contributed by atoms with Crippen LogP contribution in [0.15, 0.2) is 40.4 Å². The van der Waals surface area contributed by atoms with E-state index in [1.54, 1.807) is 24.3 Å². The van der Waals surface area contributed by atoms with Crippen LogP contribution in [0.25, 0.3) is 0 Å². The van der Waals surface area contributed by atoms with Crippen molar-refractivity contribution in [3.05, 3.63) is 46.4 Å². The van der Waals surface area contributed by atoms with E-state index >= 15 is 0 Å². The zero-order valence-electron chi connectivity index (χ0n) is 8.66. The summed E-state index contributed by atoms with van der Waals surface area (Å²) in [6.07, 6.45) is 2.58. The average Bonchev–Trinajstić information content (AvgIpc) is 2.32. The van der Waals surface area contributed by atoms with Gasteiger partial charge in [0.15, 0.2) is 0 Å².